The summed E-state index contributed by atoms with van der Waals surface area (Å²) in [7, 11) is 0. The summed E-state index contributed by atoms with van der Waals surface area (Å²) >= 11 is 1.53. The van der Waals surface area contributed by atoms with Gasteiger partial charge in [0.25, 0.3) is 0 Å². The van der Waals surface area contributed by atoms with Gasteiger partial charge in [-0.15, -0.1) is 11.8 Å². The highest BCUT2D eigenvalue weighted by Gasteiger charge is 2.21. The van der Waals surface area contributed by atoms with Crippen LogP contribution in [-0.2, 0) is 11.3 Å². The van der Waals surface area contributed by atoms with E-state index in [-0.39, 0.29) is 11.9 Å². The maximum Gasteiger partial charge on any atom is 0.230 e. The Balaban J connectivity index is 1.24. The fourth-order valence-corrected chi connectivity index (χ4v) is 4.43. The van der Waals surface area contributed by atoms with Gasteiger partial charge in [-0.25, -0.2) is 0 Å². The molecule has 1 N–H and O–H groups in total. The summed E-state index contributed by atoms with van der Waals surface area (Å²) in [6.45, 7) is 4.11. The molecule has 5 nitrogen and oxygen atoms in total. The number of hydrogen-bond acceptors (Lipinski definition) is 5. The van der Waals surface area contributed by atoms with Gasteiger partial charge in [-0.3, -0.25) is 9.69 Å². The van der Waals surface area contributed by atoms with Gasteiger partial charge in [-0.05, 0) is 43.1 Å². The Morgan fingerprint density at radius 3 is 2.79 bits per heavy atom. The molecule has 1 fully saturated rings. The zero-order valence-electron chi connectivity index (χ0n) is 15.9. The highest BCUT2D eigenvalue weighted by molar-refractivity contribution is 8.00. The number of amides is 1. The molecule has 0 aromatic heterocycles. The van der Waals surface area contributed by atoms with Gasteiger partial charge in [0.1, 0.15) is 13.2 Å². The van der Waals surface area contributed by atoms with Crippen molar-refractivity contribution in [1.82, 2.24) is 10.2 Å². The molecule has 1 unspecified atom stereocenters. The summed E-state index contributed by atoms with van der Waals surface area (Å²) in [4.78, 5) is 15.9. The maximum atomic E-state index is 12.4. The Morgan fingerprint density at radius 2 is 1.93 bits per heavy atom. The lowest BCUT2D eigenvalue weighted by atomic mass is 10.0. The van der Waals surface area contributed by atoms with Gasteiger partial charge in [0, 0.05) is 24.0 Å². The van der Waals surface area contributed by atoms with E-state index in [1.165, 1.54) is 17.3 Å². The zero-order valence-corrected chi connectivity index (χ0v) is 16.7. The van der Waals surface area contributed by atoms with Crippen LogP contribution in [0.25, 0.3) is 0 Å². The third-order valence-corrected chi connectivity index (χ3v) is 6.00. The van der Waals surface area contributed by atoms with Crippen LogP contribution in [0.3, 0.4) is 0 Å². The van der Waals surface area contributed by atoms with Crippen molar-refractivity contribution >= 4 is 17.7 Å². The largest absolute Gasteiger partial charge is 0.486 e. The summed E-state index contributed by atoms with van der Waals surface area (Å²) in [6, 6.07) is 16.6. The minimum absolute atomic E-state index is 0.0893. The number of carbonyl (C=O) groups is 1. The van der Waals surface area contributed by atoms with Gasteiger partial charge >= 0.3 is 0 Å². The molecule has 1 saturated heterocycles. The van der Waals surface area contributed by atoms with Crippen LogP contribution in [0.1, 0.15) is 18.4 Å². The molecule has 2 aliphatic rings. The Kier molecular flexibility index (Phi) is 6.39. The van der Waals surface area contributed by atoms with Gasteiger partial charge in [0.05, 0.1) is 5.75 Å². The molecule has 0 saturated carbocycles. The number of piperidine rings is 1. The van der Waals surface area contributed by atoms with E-state index in [0.29, 0.717) is 19.0 Å². The molecule has 0 bridgehead atoms. The highest BCUT2D eigenvalue weighted by Crippen LogP contribution is 2.34. The molecule has 2 aromatic rings. The standard InChI is InChI=1S/C22H26N2O3S/c25-22(16-28-19-8-9-20-21(13-19)27-12-11-26-20)23-18-7-4-10-24(15-18)14-17-5-2-1-3-6-17/h1-3,5-6,8-9,13,18H,4,7,10-12,14-16H2,(H,23,25). The van der Waals surface area contributed by atoms with Crippen LogP contribution < -0.4 is 14.8 Å². The minimum Gasteiger partial charge on any atom is -0.486 e. The van der Waals surface area contributed by atoms with E-state index in [9.17, 15) is 4.79 Å². The summed E-state index contributed by atoms with van der Waals surface area (Å²) in [6.07, 6.45) is 2.17. The van der Waals surface area contributed by atoms with E-state index in [1.807, 2.05) is 24.3 Å². The van der Waals surface area contributed by atoms with Crippen molar-refractivity contribution in [2.45, 2.75) is 30.3 Å². The van der Waals surface area contributed by atoms with Crippen molar-refractivity contribution in [3.8, 4) is 11.5 Å². The molecular weight excluding hydrogens is 372 g/mol. The number of nitrogens with one attached hydrogen (secondary N) is 1. The first-order chi connectivity index (χ1) is 13.8. The molecule has 4 rings (SSSR count). The van der Waals surface area contributed by atoms with Gasteiger partial charge in [-0.1, -0.05) is 30.3 Å². The lowest BCUT2D eigenvalue weighted by Gasteiger charge is -2.33. The highest BCUT2D eigenvalue weighted by atomic mass is 32.2. The second kappa shape index (κ2) is 9.34. The van der Waals surface area contributed by atoms with Gasteiger partial charge in [0.2, 0.25) is 5.91 Å². The van der Waals surface area contributed by atoms with Crippen LogP contribution in [0.5, 0.6) is 11.5 Å². The fourth-order valence-electron chi connectivity index (χ4n) is 3.69. The van der Waals surface area contributed by atoms with Gasteiger partial charge in [-0.2, -0.15) is 0 Å². The van der Waals surface area contributed by atoms with Crippen LogP contribution >= 0.6 is 11.8 Å². The Hall–Kier alpha value is -2.18. The molecular formula is C22H26N2O3S. The average Bonchev–Trinajstić information content (AvgIpc) is 2.73. The van der Waals surface area contributed by atoms with Crippen molar-refractivity contribution in [3.63, 3.8) is 0 Å². The number of hydrogen-bond donors (Lipinski definition) is 1. The summed E-state index contributed by atoms with van der Waals surface area (Å²) < 4.78 is 11.1. The first kappa shape index (κ1) is 19.2. The number of fused-ring (bicyclic) bond motifs is 1. The minimum atomic E-state index is 0.0893. The second-order valence-corrected chi connectivity index (χ2v) is 8.27. The molecule has 0 aliphatic carbocycles. The molecule has 2 aromatic carbocycles. The Morgan fingerprint density at radius 1 is 1.11 bits per heavy atom. The SMILES string of the molecule is O=C(CSc1ccc2c(c1)OCCO2)NC1CCCN(Cc2ccccc2)C1. The number of nitrogens with zero attached hydrogens (tertiary/aromatic N) is 1. The van der Waals surface area contributed by atoms with Crippen LogP contribution in [-0.4, -0.2) is 48.9 Å². The molecule has 148 valence electrons. The Labute approximate surface area is 170 Å². The molecule has 0 spiro atoms. The lowest BCUT2D eigenvalue weighted by Crippen LogP contribution is -2.47. The van der Waals surface area contributed by atoms with Crippen LogP contribution in [0.4, 0.5) is 0 Å². The van der Waals surface area contributed by atoms with Crippen molar-refractivity contribution in [1.29, 1.82) is 0 Å². The van der Waals surface area contributed by atoms with Crippen molar-refractivity contribution in [2.75, 3.05) is 32.1 Å². The quantitative estimate of drug-likeness (QED) is 0.757. The molecule has 1 amide bonds. The number of ether oxygens (including phenoxy) is 2. The summed E-state index contributed by atoms with van der Waals surface area (Å²) in [5.41, 5.74) is 1.32. The predicted octanol–water partition coefficient (Wildman–Crippen LogP) is 3.33. The molecule has 28 heavy (non-hydrogen) atoms. The number of benzene rings is 2. The topological polar surface area (TPSA) is 50.8 Å². The van der Waals surface area contributed by atoms with E-state index in [0.717, 1.165) is 48.9 Å². The molecule has 0 radical (unpaired) electrons. The second-order valence-electron chi connectivity index (χ2n) is 7.22. The molecule has 2 aliphatic heterocycles. The van der Waals surface area contributed by atoms with Crippen LogP contribution in [0.2, 0.25) is 0 Å². The van der Waals surface area contributed by atoms with Crippen LogP contribution in [0, 0.1) is 0 Å². The maximum absolute atomic E-state index is 12.4. The predicted molar refractivity (Wildman–Crippen MR) is 111 cm³/mol. The van der Waals surface area contributed by atoms with E-state index < -0.39 is 0 Å². The van der Waals surface area contributed by atoms with Crippen molar-refractivity contribution in [2.24, 2.45) is 0 Å². The van der Waals surface area contributed by atoms with Gasteiger partial charge in [0.15, 0.2) is 11.5 Å². The monoisotopic (exact) mass is 398 g/mol. The van der Waals surface area contributed by atoms with E-state index >= 15 is 0 Å². The lowest BCUT2D eigenvalue weighted by molar-refractivity contribution is -0.119. The average molecular weight is 399 g/mol. The first-order valence-corrected chi connectivity index (χ1v) is 10.8. The van der Waals surface area contributed by atoms with Crippen LogP contribution in [0.15, 0.2) is 53.4 Å². The zero-order chi connectivity index (χ0) is 19.2. The number of thioether (sulfide) groups is 1. The number of carbonyl (C=O) groups excluding carboxylic acids is 1. The fraction of sp³-hybridized carbons (Fsp3) is 0.409. The van der Waals surface area contributed by atoms with E-state index in [1.54, 1.807) is 0 Å². The molecule has 6 heteroatoms. The van der Waals surface area contributed by atoms with Crippen molar-refractivity contribution in [3.05, 3.63) is 54.1 Å². The molecule has 2 heterocycles. The van der Waals surface area contributed by atoms with Gasteiger partial charge < -0.3 is 14.8 Å². The number of rotatable bonds is 6. The third kappa shape index (κ3) is 5.20. The first-order valence-electron chi connectivity index (χ1n) is 9.84. The van der Waals surface area contributed by atoms with E-state index in [4.69, 9.17) is 9.47 Å². The summed E-state index contributed by atoms with van der Waals surface area (Å²) in [5, 5.41) is 3.21. The Bertz CT molecular complexity index is 800. The van der Waals surface area contributed by atoms with E-state index in [2.05, 4.69) is 34.5 Å². The number of likely N-dealkylation sites (tertiary alicyclic amines) is 1. The molecule has 1 atom stereocenters. The normalized spacial score (nSPS) is 19.2. The third-order valence-electron chi connectivity index (χ3n) is 5.00. The smallest absolute Gasteiger partial charge is 0.230 e. The summed E-state index contributed by atoms with van der Waals surface area (Å²) in [5.74, 6) is 2.04. The van der Waals surface area contributed by atoms with Crippen molar-refractivity contribution < 1.29 is 14.3 Å².